The van der Waals surface area contributed by atoms with Crippen LogP contribution in [0.1, 0.15) is 25.0 Å². The van der Waals surface area contributed by atoms with E-state index in [-0.39, 0.29) is 5.41 Å². The van der Waals surface area contributed by atoms with Gasteiger partial charge in [-0.2, -0.15) is 0 Å². The van der Waals surface area contributed by atoms with E-state index in [1.807, 2.05) is 30.5 Å². The molecule has 184 valence electrons. The molecule has 1 aliphatic carbocycles. The van der Waals surface area contributed by atoms with Gasteiger partial charge in [0, 0.05) is 17.2 Å². The number of hydrogen-bond acceptors (Lipinski definition) is 2. The summed E-state index contributed by atoms with van der Waals surface area (Å²) in [5.41, 5.74) is 9.32. The highest BCUT2D eigenvalue weighted by atomic mass is 14.8. The van der Waals surface area contributed by atoms with Crippen LogP contribution in [0.2, 0.25) is 0 Å². The molecule has 0 fully saturated rings. The second-order valence-corrected chi connectivity index (χ2v) is 11.0. The van der Waals surface area contributed by atoms with Gasteiger partial charge in [-0.25, -0.2) is 4.98 Å². The van der Waals surface area contributed by atoms with E-state index in [1.165, 1.54) is 54.6 Å². The largest absolute Gasteiger partial charge is 0.255 e. The van der Waals surface area contributed by atoms with Crippen molar-refractivity contribution in [1.29, 1.82) is 0 Å². The van der Waals surface area contributed by atoms with Gasteiger partial charge in [0.05, 0.1) is 17.1 Å². The van der Waals surface area contributed by atoms with Gasteiger partial charge in [-0.15, -0.1) is 0 Å². The number of nitrogens with zero attached hydrogens (tertiary/aromatic N) is 2. The SMILES string of the molecule is CC1(C)c2ccccc2-c2ccc3c4ccc(-c5cccc(-c6ccccn6)n5)cc4c4ccccc4c3c21. The Hall–Kier alpha value is -4.82. The van der Waals surface area contributed by atoms with E-state index in [2.05, 4.69) is 110 Å². The molecule has 0 bridgehead atoms. The van der Waals surface area contributed by atoms with Crippen molar-refractivity contribution in [2.24, 2.45) is 0 Å². The molecule has 0 spiro atoms. The molecule has 0 unspecified atom stereocenters. The maximum atomic E-state index is 4.99. The molecule has 0 radical (unpaired) electrons. The maximum Gasteiger partial charge on any atom is 0.0893 e. The first-order valence-corrected chi connectivity index (χ1v) is 13.5. The summed E-state index contributed by atoms with van der Waals surface area (Å²) >= 11 is 0. The van der Waals surface area contributed by atoms with Crippen molar-refractivity contribution in [2.45, 2.75) is 19.3 Å². The zero-order chi connectivity index (χ0) is 26.1. The summed E-state index contributed by atoms with van der Waals surface area (Å²) in [5.74, 6) is 0. The van der Waals surface area contributed by atoms with E-state index >= 15 is 0 Å². The molecule has 2 aromatic heterocycles. The number of pyridine rings is 2. The first kappa shape index (κ1) is 22.2. The molecule has 39 heavy (non-hydrogen) atoms. The minimum atomic E-state index is -0.0718. The molecule has 2 heterocycles. The van der Waals surface area contributed by atoms with Crippen molar-refractivity contribution in [1.82, 2.24) is 9.97 Å². The summed E-state index contributed by atoms with van der Waals surface area (Å²) in [5, 5.41) is 7.81. The summed E-state index contributed by atoms with van der Waals surface area (Å²) in [7, 11) is 0. The molecule has 0 amide bonds. The molecule has 2 nitrogen and oxygen atoms in total. The van der Waals surface area contributed by atoms with Crippen LogP contribution in [-0.4, -0.2) is 9.97 Å². The Labute approximate surface area is 227 Å². The maximum absolute atomic E-state index is 4.99. The Kier molecular flexibility index (Phi) is 4.60. The number of fused-ring (bicyclic) bond motifs is 10. The lowest BCUT2D eigenvalue weighted by Gasteiger charge is -2.24. The highest BCUT2D eigenvalue weighted by Crippen LogP contribution is 2.53. The van der Waals surface area contributed by atoms with Gasteiger partial charge in [-0.1, -0.05) is 98.8 Å². The third-order valence-corrected chi connectivity index (χ3v) is 8.49. The van der Waals surface area contributed by atoms with E-state index in [0.29, 0.717) is 0 Å². The summed E-state index contributed by atoms with van der Waals surface area (Å²) < 4.78 is 0. The summed E-state index contributed by atoms with van der Waals surface area (Å²) in [4.78, 5) is 9.49. The predicted molar refractivity (Wildman–Crippen MR) is 163 cm³/mol. The minimum Gasteiger partial charge on any atom is -0.255 e. The van der Waals surface area contributed by atoms with Crippen molar-refractivity contribution < 1.29 is 0 Å². The third kappa shape index (κ3) is 3.15. The van der Waals surface area contributed by atoms with Gasteiger partial charge < -0.3 is 0 Å². The first-order chi connectivity index (χ1) is 19.1. The monoisotopic (exact) mass is 498 g/mol. The summed E-state index contributed by atoms with van der Waals surface area (Å²) in [6.07, 6.45) is 1.81. The molecule has 7 aromatic rings. The Balaban J connectivity index is 1.41. The van der Waals surface area contributed by atoms with Crippen molar-refractivity contribution in [3.05, 3.63) is 133 Å². The lowest BCUT2D eigenvalue weighted by atomic mass is 9.78. The van der Waals surface area contributed by atoms with Crippen LogP contribution in [0.3, 0.4) is 0 Å². The van der Waals surface area contributed by atoms with Gasteiger partial charge in [0.2, 0.25) is 0 Å². The number of rotatable bonds is 2. The molecular formula is C37H26N2. The van der Waals surface area contributed by atoms with Gasteiger partial charge in [-0.05, 0) is 84.9 Å². The molecular weight excluding hydrogens is 472 g/mol. The fraction of sp³-hybridized carbons (Fsp3) is 0.0811. The zero-order valence-corrected chi connectivity index (χ0v) is 21.9. The Morgan fingerprint density at radius 3 is 2.08 bits per heavy atom. The third-order valence-electron chi connectivity index (χ3n) is 8.49. The van der Waals surface area contributed by atoms with E-state index in [1.54, 1.807) is 0 Å². The van der Waals surface area contributed by atoms with Crippen LogP contribution in [0.5, 0.6) is 0 Å². The fourth-order valence-corrected chi connectivity index (χ4v) is 6.73. The smallest absolute Gasteiger partial charge is 0.0893 e. The van der Waals surface area contributed by atoms with Crippen molar-refractivity contribution >= 4 is 32.3 Å². The average Bonchev–Trinajstić information content (AvgIpc) is 3.24. The fourth-order valence-electron chi connectivity index (χ4n) is 6.73. The number of benzene rings is 5. The predicted octanol–water partition coefficient (Wildman–Crippen LogP) is 9.58. The molecule has 0 saturated heterocycles. The molecule has 5 aromatic carbocycles. The lowest BCUT2D eigenvalue weighted by Crippen LogP contribution is -2.15. The van der Waals surface area contributed by atoms with Crippen molar-refractivity contribution in [3.8, 4) is 33.8 Å². The van der Waals surface area contributed by atoms with Crippen molar-refractivity contribution in [3.63, 3.8) is 0 Å². The van der Waals surface area contributed by atoms with Gasteiger partial charge in [0.1, 0.15) is 0 Å². The Morgan fingerprint density at radius 1 is 0.513 bits per heavy atom. The first-order valence-electron chi connectivity index (χ1n) is 13.5. The van der Waals surface area contributed by atoms with Crippen molar-refractivity contribution in [2.75, 3.05) is 0 Å². The minimum absolute atomic E-state index is 0.0718. The quantitative estimate of drug-likeness (QED) is 0.222. The van der Waals surface area contributed by atoms with E-state index in [0.717, 1.165) is 22.6 Å². The molecule has 0 saturated carbocycles. The van der Waals surface area contributed by atoms with E-state index in [4.69, 9.17) is 4.98 Å². The van der Waals surface area contributed by atoms with Crippen LogP contribution in [0, 0.1) is 0 Å². The lowest BCUT2D eigenvalue weighted by molar-refractivity contribution is 0.666. The van der Waals surface area contributed by atoms with E-state index < -0.39 is 0 Å². The molecule has 2 heteroatoms. The van der Waals surface area contributed by atoms with Crippen LogP contribution in [0.15, 0.2) is 121 Å². The van der Waals surface area contributed by atoms with Crippen LogP contribution >= 0.6 is 0 Å². The standard InChI is InChI=1S/C37H26N2/c1-37(2)31-13-6-5-11-26(31)29-20-19-28-25-18-17-23(32-15-9-16-34(39-32)33-14-7-8-21-38-33)22-30(25)24-10-3-4-12-27(24)35(28)36(29)37/h3-22H,1-2H3. The van der Waals surface area contributed by atoms with Crippen LogP contribution < -0.4 is 0 Å². The van der Waals surface area contributed by atoms with E-state index in [9.17, 15) is 0 Å². The number of aromatic nitrogens is 2. The molecule has 1 aliphatic rings. The van der Waals surface area contributed by atoms with Gasteiger partial charge >= 0.3 is 0 Å². The topological polar surface area (TPSA) is 25.8 Å². The van der Waals surface area contributed by atoms with Crippen LogP contribution in [0.4, 0.5) is 0 Å². The zero-order valence-electron chi connectivity index (χ0n) is 21.9. The highest BCUT2D eigenvalue weighted by Gasteiger charge is 2.37. The van der Waals surface area contributed by atoms with Crippen LogP contribution in [0.25, 0.3) is 66.1 Å². The second-order valence-electron chi connectivity index (χ2n) is 11.0. The molecule has 0 aliphatic heterocycles. The molecule has 8 rings (SSSR count). The van der Waals surface area contributed by atoms with Gasteiger partial charge in [0.15, 0.2) is 0 Å². The van der Waals surface area contributed by atoms with Crippen LogP contribution in [-0.2, 0) is 5.41 Å². The summed E-state index contributed by atoms with van der Waals surface area (Å²) in [6, 6.07) is 41.4. The normalized spacial score (nSPS) is 13.6. The summed E-state index contributed by atoms with van der Waals surface area (Å²) in [6.45, 7) is 4.75. The Morgan fingerprint density at radius 2 is 1.21 bits per heavy atom. The number of hydrogen-bond donors (Lipinski definition) is 0. The Bertz CT molecular complexity index is 2070. The second kappa shape index (κ2) is 8.09. The van der Waals surface area contributed by atoms with Gasteiger partial charge in [-0.3, -0.25) is 4.98 Å². The average molecular weight is 499 g/mol. The molecule has 0 atom stereocenters. The highest BCUT2D eigenvalue weighted by molar-refractivity contribution is 6.27. The van der Waals surface area contributed by atoms with Gasteiger partial charge in [0.25, 0.3) is 0 Å². The molecule has 0 N–H and O–H groups in total.